The molecule has 1 saturated heterocycles. The van der Waals surface area contributed by atoms with Crippen LogP contribution in [0.5, 0.6) is 5.88 Å². The molecule has 8 heteroatoms. The minimum atomic E-state index is -3.18. The summed E-state index contributed by atoms with van der Waals surface area (Å²) in [6.45, 7) is 1.45. The maximum atomic E-state index is 11.3. The Morgan fingerprint density at radius 2 is 2.26 bits per heavy atom. The number of anilines is 1. The van der Waals surface area contributed by atoms with E-state index in [4.69, 9.17) is 4.74 Å². The van der Waals surface area contributed by atoms with Crippen molar-refractivity contribution in [2.75, 3.05) is 31.4 Å². The van der Waals surface area contributed by atoms with Crippen molar-refractivity contribution < 1.29 is 13.2 Å². The highest BCUT2D eigenvalue weighted by Gasteiger charge is 2.23. The number of hydrogen-bond donors (Lipinski definition) is 1. The number of ether oxygens (including phenoxy) is 1. The first-order valence-corrected chi connectivity index (χ1v) is 7.95. The SMILES string of the molecule is COc1cc(N2CCCC(NS(C)(=O)=O)C2)ncn1. The quantitative estimate of drug-likeness (QED) is 0.839. The van der Waals surface area contributed by atoms with Gasteiger partial charge in [0.05, 0.1) is 13.4 Å². The Morgan fingerprint density at radius 1 is 1.47 bits per heavy atom. The van der Waals surface area contributed by atoms with Crippen LogP contribution in [0, 0.1) is 0 Å². The fourth-order valence-electron chi connectivity index (χ4n) is 2.20. The Bertz CT molecular complexity index is 534. The standard InChI is InChI=1S/C11H18N4O3S/c1-18-11-6-10(12-8-13-11)15-5-3-4-9(7-15)14-19(2,16)17/h6,8-9,14H,3-5,7H2,1-2H3. The van der Waals surface area contributed by atoms with E-state index in [-0.39, 0.29) is 6.04 Å². The number of hydrogen-bond acceptors (Lipinski definition) is 6. The summed E-state index contributed by atoms with van der Waals surface area (Å²) in [6.07, 6.45) is 4.38. The molecule has 2 heterocycles. The van der Waals surface area contributed by atoms with Crippen molar-refractivity contribution in [2.45, 2.75) is 18.9 Å². The fourth-order valence-corrected chi connectivity index (χ4v) is 3.00. The van der Waals surface area contributed by atoms with Crippen molar-refractivity contribution in [2.24, 2.45) is 0 Å². The summed E-state index contributed by atoms with van der Waals surface area (Å²) in [4.78, 5) is 10.2. The highest BCUT2D eigenvalue weighted by molar-refractivity contribution is 7.88. The second kappa shape index (κ2) is 5.70. The van der Waals surface area contributed by atoms with Gasteiger partial charge in [0.15, 0.2) is 0 Å². The van der Waals surface area contributed by atoms with Gasteiger partial charge in [0.2, 0.25) is 15.9 Å². The summed E-state index contributed by atoms with van der Waals surface area (Å²) in [7, 11) is -1.62. The van der Waals surface area contributed by atoms with E-state index in [1.807, 2.05) is 4.90 Å². The first kappa shape index (κ1) is 14.0. The van der Waals surface area contributed by atoms with Gasteiger partial charge in [0.1, 0.15) is 12.1 Å². The summed E-state index contributed by atoms with van der Waals surface area (Å²) >= 11 is 0. The summed E-state index contributed by atoms with van der Waals surface area (Å²) in [5.74, 6) is 1.26. The van der Waals surface area contributed by atoms with Crippen molar-refractivity contribution in [1.82, 2.24) is 14.7 Å². The van der Waals surface area contributed by atoms with E-state index >= 15 is 0 Å². The average molecular weight is 286 g/mol. The van der Waals surface area contributed by atoms with Crippen molar-refractivity contribution in [3.8, 4) is 5.88 Å². The number of methoxy groups -OCH3 is 1. The van der Waals surface area contributed by atoms with Crippen LogP contribution in [0.2, 0.25) is 0 Å². The average Bonchev–Trinajstić information content (AvgIpc) is 2.37. The van der Waals surface area contributed by atoms with Crippen LogP contribution in [0.1, 0.15) is 12.8 Å². The molecule has 1 N–H and O–H groups in total. The largest absolute Gasteiger partial charge is 0.481 e. The molecule has 0 spiro atoms. The predicted octanol–water partition coefficient (Wildman–Crippen LogP) is 0.00320. The van der Waals surface area contributed by atoms with Crippen molar-refractivity contribution >= 4 is 15.8 Å². The van der Waals surface area contributed by atoms with Crippen LogP contribution in [0.15, 0.2) is 12.4 Å². The third kappa shape index (κ3) is 4.03. The Balaban J connectivity index is 2.08. The number of piperidine rings is 1. The first-order chi connectivity index (χ1) is 8.98. The lowest BCUT2D eigenvalue weighted by Gasteiger charge is -2.33. The fraction of sp³-hybridized carbons (Fsp3) is 0.636. The Labute approximate surface area is 113 Å². The van der Waals surface area contributed by atoms with Crippen LogP contribution in [0.25, 0.3) is 0 Å². The third-order valence-corrected chi connectivity index (χ3v) is 3.72. The molecule has 1 aliphatic rings. The van der Waals surface area contributed by atoms with Gasteiger partial charge in [-0.25, -0.2) is 23.1 Å². The zero-order valence-electron chi connectivity index (χ0n) is 11.0. The highest BCUT2D eigenvalue weighted by atomic mass is 32.2. The molecule has 0 radical (unpaired) electrons. The van der Waals surface area contributed by atoms with E-state index in [9.17, 15) is 8.42 Å². The first-order valence-electron chi connectivity index (χ1n) is 6.06. The topological polar surface area (TPSA) is 84.4 Å². The predicted molar refractivity (Wildman–Crippen MR) is 71.8 cm³/mol. The molecule has 0 amide bonds. The molecule has 19 heavy (non-hydrogen) atoms. The second-order valence-corrected chi connectivity index (χ2v) is 6.37. The molecule has 0 aromatic carbocycles. The summed E-state index contributed by atoms with van der Waals surface area (Å²) in [6, 6.07) is 1.67. The Hall–Kier alpha value is -1.41. The van der Waals surface area contributed by atoms with Gasteiger partial charge in [-0.1, -0.05) is 0 Å². The Morgan fingerprint density at radius 3 is 2.95 bits per heavy atom. The van der Waals surface area contributed by atoms with Crippen LogP contribution in [-0.2, 0) is 10.0 Å². The maximum absolute atomic E-state index is 11.3. The monoisotopic (exact) mass is 286 g/mol. The van der Waals surface area contributed by atoms with E-state index in [0.29, 0.717) is 12.4 Å². The van der Waals surface area contributed by atoms with Gasteiger partial charge in [0, 0.05) is 25.2 Å². The highest BCUT2D eigenvalue weighted by Crippen LogP contribution is 2.20. The van der Waals surface area contributed by atoms with Crippen molar-refractivity contribution in [3.63, 3.8) is 0 Å². The molecule has 0 saturated carbocycles. The van der Waals surface area contributed by atoms with E-state index in [1.54, 1.807) is 13.2 Å². The number of sulfonamides is 1. The molecule has 1 aliphatic heterocycles. The number of aromatic nitrogens is 2. The summed E-state index contributed by atoms with van der Waals surface area (Å²) < 4.78 is 30.2. The Kier molecular flexibility index (Phi) is 4.20. The molecule has 7 nitrogen and oxygen atoms in total. The molecule has 1 aromatic rings. The molecular weight excluding hydrogens is 268 g/mol. The van der Waals surface area contributed by atoms with Gasteiger partial charge in [-0.05, 0) is 12.8 Å². The van der Waals surface area contributed by atoms with Crippen molar-refractivity contribution in [1.29, 1.82) is 0 Å². The number of nitrogens with one attached hydrogen (secondary N) is 1. The minimum absolute atomic E-state index is 0.0790. The second-order valence-electron chi connectivity index (χ2n) is 4.59. The van der Waals surface area contributed by atoms with Crippen LogP contribution < -0.4 is 14.4 Å². The zero-order valence-corrected chi connectivity index (χ0v) is 11.9. The minimum Gasteiger partial charge on any atom is -0.481 e. The molecule has 106 valence electrons. The molecule has 1 atom stereocenters. The van der Waals surface area contributed by atoms with E-state index in [0.717, 1.165) is 25.2 Å². The zero-order chi connectivity index (χ0) is 13.9. The van der Waals surface area contributed by atoms with Gasteiger partial charge < -0.3 is 9.64 Å². The smallest absolute Gasteiger partial charge is 0.218 e. The van der Waals surface area contributed by atoms with Gasteiger partial charge >= 0.3 is 0 Å². The third-order valence-electron chi connectivity index (χ3n) is 2.96. The van der Waals surface area contributed by atoms with E-state index < -0.39 is 10.0 Å². The lowest BCUT2D eigenvalue weighted by molar-refractivity contribution is 0.396. The lowest BCUT2D eigenvalue weighted by atomic mass is 10.1. The van der Waals surface area contributed by atoms with Crippen molar-refractivity contribution in [3.05, 3.63) is 12.4 Å². The van der Waals surface area contributed by atoms with Crippen LogP contribution in [0.4, 0.5) is 5.82 Å². The van der Waals surface area contributed by atoms with Gasteiger partial charge in [0.25, 0.3) is 0 Å². The lowest BCUT2D eigenvalue weighted by Crippen LogP contribution is -2.47. The molecule has 0 bridgehead atoms. The summed E-state index contributed by atoms with van der Waals surface area (Å²) in [5, 5.41) is 0. The van der Waals surface area contributed by atoms with E-state index in [2.05, 4.69) is 14.7 Å². The van der Waals surface area contributed by atoms with E-state index in [1.165, 1.54) is 12.6 Å². The molecule has 2 rings (SSSR count). The normalized spacial score (nSPS) is 20.3. The van der Waals surface area contributed by atoms with Crippen LogP contribution in [0.3, 0.4) is 0 Å². The number of nitrogens with zero attached hydrogens (tertiary/aromatic N) is 3. The molecule has 0 aliphatic carbocycles. The molecule has 1 unspecified atom stereocenters. The molecule has 1 aromatic heterocycles. The van der Waals surface area contributed by atoms with Gasteiger partial charge in [-0.15, -0.1) is 0 Å². The molecular formula is C11H18N4O3S. The van der Waals surface area contributed by atoms with Crippen LogP contribution >= 0.6 is 0 Å². The van der Waals surface area contributed by atoms with Gasteiger partial charge in [-0.3, -0.25) is 0 Å². The number of rotatable bonds is 4. The molecule has 1 fully saturated rings. The van der Waals surface area contributed by atoms with Crippen LogP contribution in [-0.4, -0.2) is 50.9 Å². The summed E-state index contributed by atoms with van der Waals surface area (Å²) in [5.41, 5.74) is 0. The maximum Gasteiger partial charge on any atom is 0.218 e. The van der Waals surface area contributed by atoms with Gasteiger partial charge in [-0.2, -0.15) is 0 Å².